The highest BCUT2D eigenvalue weighted by Gasteiger charge is 2.31. The first-order valence-electron chi connectivity index (χ1n) is 8.58. The summed E-state index contributed by atoms with van der Waals surface area (Å²) in [5, 5.41) is 0. The molecule has 0 unspecified atom stereocenters. The van der Waals surface area contributed by atoms with E-state index in [9.17, 15) is 4.79 Å². The molecule has 2 aromatic carbocycles. The Labute approximate surface area is 142 Å². The SMILES string of the molecule is C[C@H]1Cc2ccccc2N1C(=O)c1ccc(N2CCOCC2)cc1. The van der Waals surface area contributed by atoms with Gasteiger partial charge in [0.2, 0.25) is 0 Å². The minimum absolute atomic E-state index is 0.0842. The predicted molar refractivity (Wildman–Crippen MR) is 95.9 cm³/mol. The highest BCUT2D eigenvalue weighted by molar-refractivity contribution is 6.07. The van der Waals surface area contributed by atoms with Crippen LogP contribution in [0, 0.1) is 0 Å². The van der Waals surface area contributed by atoms with Crippen LogP contribution in [0.3, 0.4) is 0 Å². The lowest BCUT2D eigenvalue weighted by molar-refractivity contribution is 0.0981. The molecule has 2 aromatic rings. The van der Waals surface area contributed by atoms with Crippen LogP contribution in [0.1, 0.15) is 22.8 Å². The van der Waals surface area contributed by atoms with Crippen molar-refractivity contribution >= 4 is 17.3 Å². The maximum Gasteiger partial charge on any atom is 0.258 e. The molecule has 0 bridgehead atoms. The van der Waals surface area contributed by atoms with Crippen LogP contribution in [0.15, 0.2) is 48.5 Å². The van der Waals surface area contributed by atoms with Gasteiger partial charge in [0.05, 0.1) is 13.2 Å². The van der Waals surface area contributed by atoms with Crippen molar-refractivity contribution in [3.63, 3.8) is 0 Å². The lowest BCUT2D eigenvalue weighted by Crippen LogP contribution is -2.37. The minimum atomic E-state index is 0.0842. The van der Waals surface area contributed by atoms with Gasteiger partial charge in [0.25, 0.3) is 5.91 Å². The molecule has 4 nitrogen and oxygen atoms in total. The average Bonchev–Trinajstić information content (AvgIpc) is 2.98. The zero-order valence-corrected chi connectivity index (χ0v) is 13.9. The molecule has 0 spiro atoms. The van der Waals surface area contributed by atoms with E-state index >= 15 is 0 Å². The number of hydrogen-bond acceptors (Lipinski definition) is 3. The van der Waals surface area contributed by atoms with Gasteiger partial charge in [-0.25, -0.2) is 0 Å². The molecule has 2 aliphatic heterocycles. The summed E-state index contributed by atoms with van der Waals surface area (Å²) in [4.78, 5) is 17.2. The molecule has 0 radical (unpaired) electrons. The summed E-state index contributed by atoms with van der Waals surface area (Å²) in [7, 11) is 0. The Kier molecular flexibility index (Phi) is 3.98. The van der Waals surface area contributed by atoms with Gasteiger partial charge in [0.1, 0.15) is 0 Å². The fraction of sp³-hybridized carbons (Fsp3) is 0.350. The largest absolute Gasteiger partial charge is 0.378 e. The average molecular weight is 322 g/mol. The van der Waals surface area contributed by atoms with Crippen LogP contribution in [-0.2, 0) is 11.2 Å². The Balaban J connectivity index is 1.56. The second-order valence-electron chi connectivity index (χ2n) is 6.50. The second-order valence-corrected chi connectivity index (χ2v) is 6.50. The van der Waals surface area contributed by atoms with Crippen LogP contribution >= 0.6 is 0 Å². The monoisotopic (exact) mass is 322 g/mol. The van der Waals surface area contributed by atoms with Gasteiger partial charge in [-0.05, 0) is 49.2 Å². The van der Waals surface area contributed by atoms with Crippen molar-refractivity contribution < 1.29 is 9.53 Å². The van der Waals surface area contributed by atoms with E-state index in [2.05, 4.69) is 17.9 Å². The predicted octanol–water partition coefficient (Wildman–Crippen LogP) is 3.11. The number of nitrogens with zero attached hydrogens (tertiary/aromatic N) is 2. The van der Waals surface area contributed by atoms with Gasteiger partial charge >= 0.3 is 0 Å². The Morgan fingerprint density at radius 3 is 2.50 bits per heavy atom. The van der Waals surface area contributed by atoms with E-state index in [0.717, 1.165) is 49.7 Å². The first kappa shape index (κ1) is 15.2. The molecule has 0 N–H and O–H groups in total. The summed E-state index contributed by atoms with van der Waals surface area (Å²) < 4.78 is 5.39. The number of morpholine rings is 1. The summed E-state index contributed by atoms with van der Waals surface area (Å²) in [6.07, 6.45) is 0.924. The van der Waals surface area contributed by atoms with E-state index in [1.807, 2.05) is 47.4 Å². The minimum Gasteiger partial charge on any atom is -0.378 e. The van der Waals surface area contributed by atoms with Crippen molar-refractivity contribution in [2.45, 2.75) is 19.4 Å². The van der Waals surface area contributed by atoms with Crippen LogP contribution in [0.2, 0.25) is 0 Å². The number of benzene rings is 2. The van der Waals surface area contributed by atoms with Gasteiger partial charge in [-0.3, -0.25) is 4.79 Å². The normalized spacial score (nSPS) is 20.1. The third kappa shape index (κ3) is 2.67. The number of fused-ring (bicyclic) bond motifs is 1. The maximum absolute atomic E-state index is 13.0. The molecule has 24 heavy (non-hydrogen) atoms. The number of amides is 1. The van der Waals surface area contributed by atoms with Crippen LogP contribution < -0.4 is 9.80 Å². The molecule has 1 fully saturated rings. The number of carbonyl (C=O) groups is 1. The molecule has 124 valence electrons. The molecular weight excluding hydrogens is 300 g/mol. The van der Waals surface area contributed by atoms with Crippen molar-refractivity contribution in [1.29, 1.82) is 0 Å². The number of para-hydroxylation sites is 1. The van der Waals surface area contributed by atoms with Crippen LogP contribution in [0.4, 0.5) is 11.4 Å². The van der Waals surface area contributed by atoms with E-state index in [1.54, 1.807) is 0 Å². The third-order valence-corrected chi connectivity index (χ3v) is 4.92. The van der Waals surface area contributed by atoms with Gasteiger partial charge in [0.15, 0.2) is 0 Å². The highest BCUT2D eigenvalue weighted by atomic mass is 16.5. The summed E-state index contributed by atoms with van der Waals surface area (Å²) >= 11 is 0. The second kappa shape index (κ2) is 6.29. The molecule has 0 aliphatic carbocycles. The fourth-order valence-electron chi connectivity index (χ4n) is 3.65. The standard InChI is InChI=1S/C20H22N2O2/c1-15-14-17-4-2-3-5-19(17)22(15)20(23)16-6-8-18(9-7-16)21-10-12-24-13-11-21/h2-9,15H,10-14H2,1H3/t15-/m0/s1. The van der Waals surface area contributed by atoms with Gasteiger partial charge in [-0.1, -0.05) is 18.2 Å². The van der Waals surface area contributed by atoms with E-state index in [0.29, 0.717) is 0 Å². The zero-order chi connectivity index (χ0) is 16.5. The van der Waals surface area contributed by atoms with Crippen LogP contribution in [-0.4, -0.2) is 38.3 Å². The smallest absolute Gasteiger partial charge is 0.258 e. The molecule has 4 rings (SSSR count). The number of rotatable bonds is 2. The van der Waals surface area contributed by atoms with Crippen LogP contribution in [0.5, 0.6) is 0 Å². The summed E-state index contributed by atoms with van der Waals surface area (Å²) in [5.41, 5.74) is 4.20. The zero-order valence-electron chi connectivity index (χ0n) is 13.9. The van der Waals surface area contributed by atoms with Crippen molar-refractivity contribution in [3.8, 4) is 0 Å². The first-order chi connectivity index (χ1) is 11.7. The molecule has 2 aliphatic rings. The van der Waals surface area contributed by atoms with Gasteiger partial charge in [0, 0.05) is 36.1 Å². The Morgan fingerprint density at radius 1 is 1.04 bits per heavy atom. The van der Waals surface area contributed by atoms with Gasteiger partial charge in [-0.15, -0.1) is 0 Å². The number of hydrogen-bond donors (Lipinski definition) is 0. The molecule has 0 aromatic heterocycles. The summed E-state index contributed by atoms with van der Waals surface area (Å²) in [6.45, 7) is 5.46. The maximum atomic E-state index is 13.0. The summed E-state index contributed by atoms with van der Waals surface area (Å²) in [5.74, 6) is 0.0842. The number of carbonyl (C=O) groups excluding carboxylic acids is 1. The molecular formula is C20H22N2O2. The molecule has 0 saturated carbocycles. The Hall–Kier alpha value is -2.33. The van der Waals surface area contributed by atoms with E-state index in [1.165, 1.54) is 5.56 Å². The van der Waals surface area contributed by atoms with E-state index in [4.69, 9.17) is 4.74 Å². The molecule has 1 atom stereocenters. The third-order valence-electron chi connectivity index (χ3n) is 4.92. The molecule has 2 heterocycles. The Bertz CT molecular complexity index is 736. The molecule has 1 saturated heterocycles. The summed E-state index contributed by atoms with van der Waals surface area (Å²) in [6, 6.07) is 16.4. The molecule has 4 heteroatoms. The van der Waals surface area contributed by atoms with Crippen molar-refractivity contribution in [3.05, 3.63) is 59.7 Å². The van der Waals surface area contributed by atoms with Crippen molar-refractivity contribution in [2.75, 3.05) is 36.1 Å². The van der Waals surface area contributed by atoms with Crippen LogP contribution in [0.25, 0.3) is 0 Å². The highest BCUT2D eigenvalue weighted by Crippen LogP contribution is 2.33. The first-order valence-corrected chi connectivity index (χ1v) is 8.58. The van der Waals surface area contributed by atoms with E-state index in [-0.39, 0.29) is 11.9 Å². The fourth-order valence-corrected chi connectivity index (χ4v) is 3.65. The van der Waals surface area contributed by atoms with Crippen molar-refractivity contribution in [1.82, 2.24) is 0 Å². The topological polar surface area (TPSA) is 32.8 Å². The number of ether oxygens (including phenoxy) is 1. The molecule has 1 amide bonds. The van der Waals surface area contributed by atoms with Gasteiger partial charge in [-0.2, -0.15) is 0 Å². The van der Waals surface area contributed by atoms with Crippen molar-refractivity contribution in [2.24, 2.45) is 0 Å². The van der Waals surface area contributed by atoms with Gasteiger partial charge < -0.3 is 14.5 Å². The lowest BCUT2D eigenvalue weighted by atomic mass is 10.1. The lowest BCUT2D eigenvalue weighted by Gasteiger charge is -2.29. The number of anilines is 2. The Morgan fingerprint density at radius 2 is 1.75 bits per heavy atom. The quantitative estimate of drug-likeness (QED) is 0.852. The van der Waals surface area contributed by atoms with E-state index < -0.39 is 0 Å².